The van der Waals surface area contributed by atoms with Gasteiger partial charge in [-0.2, -0.15) is 0 Å². The zero-order valence-corrected chi connectivity index (χ0v) is 14.7. The quantitative estimate of drug-likeness (QED) is 0.834. The van der Waals surface area contributed by atoms with E-state index in [0.29, 0.717) is 19.0 Å². The predicted octanol–water partition coefficient (Wildman–Crippen LogP) is 4.09. The number of carbonyl (C=O) groups excluding carboxylic acids is 1. The Labute approximate surface area is 142 Å². The van der Waals surface area contributed by atoms with E-state index in [0.717, 1.165) is 24.1 Å². The largest absolute Gasteiger partial charge is 0.444 e. The van der Waals surface area contributed by atoms with Gasteiger partial charge in [-0.05, 0) is 51.3 Å². The van der Waals surface area contributed by atoms with E-state index in [4.69, 9.17) is 4.74 Å². The lowest BCUT2D eigenvalue weighted by atomic mass is 9.94. The third-order valence-electron chi connectivity index (χ3n) is 4.36. The maximum absolute atomic E-state index is 12.2. The van der Waals surface area contributed by atoms with Crippen LogP contribution >= 0.6 is 0 Å². The summed E-state index contributed by atoms with van der Waals surface area (Å²) < 4.78 is 7.61. The first kappa shape index (κ1) is 16.6. The lowest BCUT2D eigenvalue weighted by Gasteiger charge is -2.33. The first-order valence-electron chi connectivity index (χ1n) is 8.45. The van der Waals surface area contributed by atoms with E-state index in [-0.39, 0.29) is 6.09 Å². The molecule has 3 heterocycles. The number of likely N-dealkylation sites (tertiary alicyclic amines) is 1. The van der Waals surface area contributed by atoms with Gasteiger partial charge in [0.25, 0.3) is 0 Å². The van der Waals surface area contributed by atoms with E-state index in [1.165, 1.54) is 5.69 Å². The fraction of sp³-hybridized carbons (Fsp3) is 0.474. The molecule has 0 bridgehead atoms. The third kappa shape index (κ3) is 3.45. The van der Waals surface area contributed by atoms with Crippen molar-refractivity contribution in [1.29, 1.82) is 0 Å². The van der Waals surface area contributed by atoms with Gasteiger partial charge in [0.1, 0.15) is 11.2 Å². The fourth-order valence-corrected chi connectivity index (χ4v) is 3.12. The minimum absolute atomic E-state index is 0.215. The summed E-state index contributed by atoms with van der Waals surface area (Å²) in [6.45, 7) is 11.0. The van der Waals surface area contributed by atoms with Gasteiger partial charge in [0.2, 0.25) is 0 Å². The molecule has 128 valence electrons. The highest BCUT2D eigenvalue weighted by Gasteiger charge is 2.28. The third-order valence-corrected chi connectivity index (χ3v) is 4.36. The average Bonchev–Trinajstić information content (AvgIpc) is 2.96. The molecular weight excluding hydrogens is 302 g/mol. The Kier molecular flexibility index (Phi) is 4.35. The van der Waals surface area contributed by atoms with E-state index in [9.17, 15) is 4.79 Å². The van der Waals surface area contributed by atoms with Gasteiger partial charge in [0, 0.05) is 37.1 Å². The van der Waals surface area contributed by atoms with Crippen LogP contribution in [0, 0.1) is 0 Å². The van der Waals surface area contributed by atoms with Crippen LogP contribution in [0.5, 0.6) is 0 Å². The second kappa shape index (κ2) is 6.30. The molecule has 0 N–H and O–H groups in total. The van der Waals surface area contributed by atoms with Crippen molar-refractivity contribution in [2.45, 2.75) is 45.1 Å². The van der Waals surface area contributed by atoms with Crippen molar-refractivity contribution in [3.05, 3.63) is 42.4 Å². The number of hydrogen-bond acceptors (Lipinski definition) is 3. The highest BCUT2D eigenvalue weighted by atomic mass is 16.6. The molecule has 0 unspecified atom stereocenters. The molecule has 24 heavy (non-hydrogen) atoms. The van der Waals surface area contributed by atoms with Gasteiger partial charge in [-0.15, -0.1) is 0 Å². The SMILES string of the molecule is C=Cc1ccc2ncc(C3CCN(C(=O)OC(C)(C)C)CC3)n2c1. The number of fused-ring (bicyclic) bond motifs is 1. The van der Waals surface area contributed by atoms with Crippen molar-refractivity contribution in [2.24, 2.45) is 0 Å². The highest BCUT2D eigenvalue weighted by Crippen LogP contribution is 2.29. The van der Waals surface area contributed by atoms with Crippen molar-refractivity contribution >= 4 is 17.8 Å². The Bertz CT molecular complexity index is 750. The van der Waals surface area contributed by atoms with Crippen LogP contribution in [-0.2, 0) is 4.74 Å². The lowest BCUT2D eigenvalue weighted by molar-refractivity contribution is 0.0204. The van der Waals surface area contributed by atoms with Crippen molar-refractivity contribution in [3.63, 3.8) is 0 Å². The Balaban J connectivity index is 1.71. The average molecular weight is 327 g/mol. The minimum Gasteiger partial charge on any atom is -0.444 e. The molecule has 1 aliphatic rings. The standard InChI is InChI=1S/C19H25N3O2/c1-5-14-6-7-17-20-12-16(22(17)13-14)15-8-10-21(11-9-15)18(23)24-19(2,3)4/h5-7,12-13,15H,1,8-11H2,2-4H3. The first-order chi connectivity index (χ1) is 11.4. The minimum atomic E-state index is -0.448. The molecule has 3 rings (SSSR count). The van der Waals surface area contributed by atoms with Crippen LogP contribution < -0.4 is 0 Å². The fourth-order valence-electron chi connectivity index (χ4n) is 3.12. The second-order valence-corrected chi connectivity index (χ2v) is 7.32. The van der Waals surface area contributed by atoms with E-state index >= 15 is 0 Å². The van der Waals surface area contributed by atoms with Crippen LogP contribution in [0.3, 0.4) is 0 Å². The normalized spacial score (nSPS) is 16.4. The number of nitrogens with zero attached hydrogens (tertiary/aromatic N) is 3. The number of amides is 1. The maximum Gasteiger partial charge on any atom is 0.410 e. The zero-order chi connectivity index (χ0) is 17.3. The van der Waals surface area contributed by atoms with Crippen LogP contribution in [0.25, 0.3) is 11.7 Å². The molecule has 0 aromatic carbocycles. The van der Waals surface area contributed by atoms with Crippen LogP contribution in [0.2, 0.25) is 0 Å². The molecule has 0 atom stereocenters. The number of rotatable bonds is 2. The Hall–Kier alpha value is -2.30. The van der Waals surface area contributed by atoms with Gasteiger partial charge in [-0.3, -0.25) is 0 Å². The number of aromatic nitrogens is 2. The topological polar surface area (TPSA) is 46.8 Å². The van der Waals surface area contributed by atoms with Crippen LogP contribution in [-0.4, -0.2) is 39.1 Å². The molecule has 5 nitrogen and oxygen atoms in total. The number of piperidine rings is 1. The molecule has 5 heteroatoms. The van der Waals surface area contributed by atoms with Gasteiger partial charge in [0.15, 0.2) is 0 Å². The summed E-state index contributed by atoms with van der Waals surface area (Å²) >= 11 is 0. The van der Waals surface area contributed by atoms with Crippen molar-refractivity contribution in [2.75, 3.05) is 13.1 Å². The van der Waals surface area contributed by atoms with E-state index in [2.05, 4.69) is 22.2 Å². The number of pyridine rings is 1. The first-order valence-corrected chi connectivity index (χ1v) is 8.45. The Morgan fingerprint density at radius 1 is 1.33 bits per heavy atom. The van der Waals surface area contributed by atoms with Gasteiger partial charge >= 0.3 is 6.09 Å². The summed E-state index contributed by atoms with van der Waals surface area (Å²) in [7, 11) is 0. The van der Waals surface area contributed by atoms with Crippen molar-refractivity contribution < 1.29 is 9.53 Å². The van der Waals surface area contributed by atoms with Crippen LogP contribution in [0.1, 0.15) is 50.8 Å². The number of imidazole rings is 1. The van der Waals surface area contributed by atoms with Gasteiger partial charge in [-0.1, -0.05) is 12.7 Å². The maximum atomic E-state index is 12.2. The van der Waals surface area contributed by atoms with Gasteiger partial charge < -0.3 is 14.0 Å². The number of hydrogen-bond donors (Lipinski definition) is 0. The summed E-state index contributed by atoms with van der Waals surface area (Å²) in [5, 5.41) is 0. The summed E-state index contributed by atoms with van der Waals surface area (Å²) in [5.74, 6) is 0.402. The van der Waals surface area contributed by atoms with E-state index < -0.39 is 5.60 Å². The summed E-state index contributed by atoms with van der Waals surface area (Å²) in [6.07, 6.45) is 7.50. The summed E-state index contributed by atoms with van der Waals surface area (Å²) in [6, 6.07) is 4.03. The summed E-state index contributed by atoms with van der Waals surface area (Å²) in [5.41, 5.74) is 2.78. The zero-order valence-electron chi connectivity index (χ0n) is 14.7. The van der Waals surface area contributed by atoms with Crippen LogP contribution in [0.4, 0.5) is 4.79 Å². The molecule has 1 aliphatic heterocycles. The molecule has 0 saturated carbocycles. The highest BCUT2D eigenvalue weighted by molar-refractivity contribution is 5.68. The lowest BCUT2D eigenvalue weighted by Crippen LogP contribution is -2.41. The van der Waals surface area contributed by atoms with Crippen LogP contribution in [0.15, 0.2) is 31.1 Å². The van der Waals surface area contributed by atoms with Crippen molar-refractivity contribution in [1.82, 2.24) is 14.3 Å². The molecule has 1 amide bonds. The van der Waals surface area contributed by atoms with E-state index in [1.807, 2.05) is 45.2 Å². The molecule has 2 aromatic rings. The monoisotopic (exact) mass is 327 g/mol. The van der Waals surface area contributed by atoms with Gasteiger partial charge in [0.05, 0.1) is 0 Å². The van der Waals surface area contributed by atoms with Crippen molar-refractivity contribution in [3.8, 4) is 0 Å². The second-order valence-electron chi connectivity index (χ2n) is 7.32. The molecule has 0 spiro atoms. The van der Waals surface area contributed by atoms with E-state index in [1.54, 1.807) is 4.90 Å². The number of ether oxygens (including phenoxy) is 1. The molecule has 1 fully saturated rings. The molecule has 0 radical (unpaired) electrons. The smallest absolute Gasteiger partial charge is 0.410 e. The Morgan fingerprint density at radius 2 is 2.04 bits per heavy atom. The van der Waals surface area contributed by atoms with Gasteiger partial charge in [-0.25, -0.2) is 9.78 Å². The summed E-state index contributed by atoms with van der Waals surface area (Å²) in [4.78, 5) is 18.5. The predicted molar refractivity (Wildman–Crippen MR) is 95.1 cm³/mol. The molecule has 0 aliphatic carbocycles. The number of carbonyl (C=O) groups is 1. The molecule has 2 aromatic heterocycles. The Morgan fingerprint density at radius 3 is 2.67 bits per heavy atom. The molecule has 1 saturated heterocycles. The molecular formula is C19H25N3O2.